The SMILES string of the molecule is CP(C1C2CC3CC(C2)CC1C3)C1C2CC3CC(C2)CC1C3. The standard InChI is InChI=1S/C21H33P/c1-22(20-16-4-12-2-13(6-16)7-17(20)5-12)21-18-8-14-3-15(10-18)11-19(21)9-14/h12-21H,2-11H2,1H3. The smallest absolute Gasteiger partial charge is 0.0152 e. The van der Waals surface area contributed by atoms with Crippen molar-refractivity contribution < 1.29 is 0 Å². The highest BCUT2D eigenvalue weighted by atomic mass is 31.1. The average molecular weight is 316 g/mol. The molecule has 0 aliphatic heterocycles. The highest BCUT2D eigenvalue weighted by Gasteiger charge is 2.55. The molecule has 0 aromatic heterocycles. The molecule has 0 amide bonds. The van der Waals surface area contributed by atoms with Crippen LogP contribution >= 0.6 is 7.92 Å². The van der Waals surface area contributed by atoms with Gasteiger partial charge in [-0.25, -0.2) is 0 Å². The minimum atomic E-state index is 0.320. The maximum absolute atomic E-state index is 2.80. The molecule has 0 N–H and O–H groups in total. The molecule has 122 valence electrons. The van der Waals surface area contributed by atoms with Crippen molar-refractivity contribution in [3.63, 3.8) is 0 Å². The second-order valence-corrected chi connectivity index (χ2v) is 13.0. The fourth-order valence-electron chi connectivity index (χ4n) is 9.32. The molecular formula is C21H33P. The first kappa shape index (κ1) is 13.7. The third kappa shape index (κ3) is 1.86. The van der Waals surface area contributed by atoms with E-state index >= 15 is 0 Å². The quantitative estimate of drug-likeness (QED) is 0.569. The fraction of sp³-hybridized carbons (Fsp3) is 1.00. The zero-order valence-electron chi connectivity index (χ0n) is 14.3. The van der Waals surface area contributed by atoms with E-state index < -0.39 is 0 Å². The van der Waals surface area contributed by atoms with Crippen LogP contribution < -0.4 is 0 Å². The van der Waals surface area contributed by atoms with Gasteiger partial charge in [0.15, 0.2) is 0 Å². The minimum absolute atomic E-state index is 0.320. The molecule has 0 saturated heterocycles. The van der Waals surface area contributed by atoms with Crippen molar-refractivity contribution in [1.29, 1.82) is 0 Å². The first-order valence-electron chi connectivity index (χ1n) is 10.5. The van der Waals surface area contributed by atoms with Gasteiger partial charge in [-0.1, -0.05) is 0 Å². The first-order chi connectivity index (χ1) is 10.7. The summed E-state index contributed by atoms with van der Waals surface area (Å²) in [5.41, 5.74) is 2.43. The van der Waals surface area contributed by atoms with Crippen LogP contribution in [0.15, 0.2) is 0 Å². The van der Waals surface area contributed by atoms with Crippen molar-refractivity contribution in [2.75, 3.05) is 6.66 Å². The third-order valence-corrected chi connectivity index (χ3v) is 12.9. The van der Waals surface area contributed by atoms with Crippen LogP contribution in [0.4, 0.5) is 0 Å². The van der Waals surface area contributed by atoms with Crippen molar-refractivity contribution in [2.24, 2.45) is 47.3 Å². The molecule has 0 heterocycles. The van der Waals surface area contributed by atoms with Gasteiger partial charge in [-0.2, -0.15) is 0 Å². The van der Waals surface area contributed by atoms with E-state index in [1.807, 2.05) is 0 Å². The molecule has 0 spiro atoms. The molecular weight excluding hydrogens is 283 g/mol. The zero-order chi connectivity index (χ0) is 14.4. The van der Waals surface area contributed by atoms with E-state index in [9.17, 15) is 0 Å². The Labute approximate surface area is 138 Å². The van der Waals surface area contributed by atoms with E-state index in [2.05, 4.69) is 6.66 Å². The van der Waals surface area contributed by atoms with E-state index in [-0.39, 0.29) is 0 Å². The normalized spacial score (nSPS) is 62.6. The van der Waals surface area contributed by atoms with E-state index in [1.54, 1.807) is 64.2 Å². The summed E-state index contributed by atoms with van der Waals surface area (Å²) >= 11 is 0. The van der Waals surface area contributed by atoms with Gasteiger partial charge in [0.1, 0.15) is 0 Å². The number of hydrogen-bond acceptors (Lipinski definition) is 0. The molecule has 1 heteroatoms. The molecule has 8 bridgehead atoms. The Morgan fingerprint density at radius 2 is 0.727 bits per heavy atom. The van der Waals surface area contributed by atoms with Gasteiger partial charge in [0.05, 0.1) is 0 Å². The summed E-state index contributed by atoms with van der Waals surface area (Å²) in [6, 6.07) is 0. The summed E-state index contributed by atoms with van der Waals surface area (Å²) in [6.07, 6.45) is 16.5. The fourth-order valence-corrected chi connectivity index (χ4v) is 13.4. The Hall–Kier alpha value is 0.430. The molecule has 8 saturated carbocycles. The van der Waals surface area contributed by atoms with Crippen molar-refractivity contribution in [3.8, 4) is 0 Å². The largest absolute Gasteiger partial charge is 0.102 e. The van der Waals surface area contributed by atoms with Gasteiger partial charge < -0.3 is 0 Å². The van der Waals surface area contributed by atoms with Crippen LogP contribution in [0.25, 0.3) is 0 Å². The minimum Gasteiger partial charge on any atom is -0.102 e. The van der Waals surface area contributed by atoms with Crippen LogP contribution in [0.1, 0.15) is 64.2 Å². The zero-order valence-corrected chi connectivity index (χ0v) is 15.2. The van der Waals surface area contributed by atoms with Gasteiger partial charge >= 0.3 is 0 Å². The predicted molar refractivity (Wildman–Crippen MR) is 94.5 cm³/mol. The number of rotatable bonds is 2. The molecule has 22 heavy (non-hydrogen) atoms. The van der Waals surface area contributed by atoms with Crippen molar-refractivity contribution >= 4 is 7.92 Å². The second kappa shape index (κ2) is 4.74. The highest BCUT2D eigenvalue weighted by Crippen LogP contribution is 2.69. The highest BCUT2D eigenvalue weighted by molar-refractivity contribution is 7.58. The molecule has 8 aliphatic carbocycles. The van der Waals surface area contributed by atoms with Crippen LogP contribution in [0.3, 0.4) is 0 Å². The van der Waals surface area contributed by atoms with Gasteiger partial charge in [0.25, 0.3) is 0 Å². The van der Waals surface area contributed by atoms with Crippen LogP contribution in [0.5, 0.6) is 0 Å². The lowest BCUT2D eigenvalue weighted by Crippen LogP contribution is -2.52. The molecule has 0 aromatic rings. The van der Waals surface area contributed by atoms with E-state index in [0.29, 0.717) is 7.92 Å². The molecule has 8 aliphatic rings. The van der Waals surface area contributed by atoms with Gasteiger partial charge in [-0.3, -0.25) is 0 Å². The van der Waals surface area contributed by atoms with Crippen molar-refractivity contribution in [2.45, 2.75) is 75.5 Å². The summed E-state index contributed by atoms with van der Waals surface area (Å²) in [5, 5.41) is 0. The van der Waals surface area contributed by atoms with Gasteiger partial charge in [-0.05, 0) is 130 Å². The number of hydrogen-bond donors (Lipinski definition) is 0. The van der Waals surface area contributed by atoms with Crippen molar-refractivity contribution in [1.82, 2.24) is 0 Å². The molecule has 0 atom stereocenters. The van der Waals surface area contributed by atoms with Gasteiger partial charge in [0, 0.05) is 0 Å². The summed E-state index contributed by atoms with van der Waals surface area (Å²) in [7, 11) is 0.320. The Morgan fingerprint density at radius 1 is 0.455 bits per heavy atom. The van der Waals surface area contributed by atoms with Crippen LogP contribution in [0.2, 0.25) is 0 Å². The lowest BCUT2D eigenvalue weighted by atomic mass is 9.55. The van der Waals surface area contributed by atoms with Crippen molar-refractivity contribution in [3.05, 3.63) is 0 Å². The Morgan fingerprint density at radius 3 is 1.00 bits per heavy atom. The average Bonchev–Trinajstić information content (AvgIpc) is 2.44. The Kier molecular flexibility index (Phi) is 2.95. The maximum Gasteiger partial charge on any atom is -0.0152 e. The molecule has 0 unspecified atom stereocenters. The summed E-state index contributed by atoms with van der Waals surface area (Å²) in [6.45, 7) is 2.80. The monoisotopic (exact) mass is 316 g/mol. The van der Waals surface area contributed by atoms with Gasteiger partial charge in [0.2, 0.25) is 0 Å². The van der Waals surface area contributed by atoms with Crippen LogP contribution in [0, 0.1) is 47.3 Å². The molecule has 8 fully saturated rings. The third-order valence-electron chi connectivity index (χ3n) is 9.29. The lowest BCUT2D eigenvalue weighted by Gasteiger charge is -2.61. The Bertz CT molecular complexity index is 371. The van der Waals surface area contributed by atoms with Gasteiger partial charge in [-0.15, -0.1) is 7.92 Å². The predicted octanol–water partition coefficient (Wildman–Crippen LogP) is 5.75. The lowest BCUT2D eigenvalue weighted by molar-refractivity contribution is 0.0133. The van der Waals surface area contributed by atoms with E-state index in [0.717, 1.165) is 0 Å². The maximum atomic E-state index is 2.80. The molecule has 0 radical (unpaired) electrons. The first-order valence-corrected chi connectivity index (χ1v) is 12.4. The topological polar surface area (TPSA) is 0 Å². The molecule has 8 rings (SSSR count). The molecule has 0 nitrogen and oxygen atoms in total. The molecule has 0 aromatic carbocycles. The summed E-state index contributed by atoms with van der Waals surface area (Å²) in [5.74, 6) is 9.41. The second-order valence-electron chi connectivity index (χ2n) is 10.5. The van der Waals surface area contributed by atoms with E-state index in [1.165, 1.54) is 58.7 Å². The van der Waals surface area contributed by atoms with Crippen LogP contribution in [-0.2, 0) is 0 Å². The Balaban J connectivity index is 1.28. The van der Waals surface area contributed by atoms with E-state index in [4.69, 9.17) is 0 Å². The summed E-state index contributed by atoms with van der Waals surface area (Å²) in [4.78, 5) is 0. The van der Waals surface area contributed by atoms with Crippen LogP contribution in [-0.4, -0.2) is 18.0 Å². The summed E-state index contributed by atoms with van der Waals surface area (Å²) < 4.78 is 0.